The number of hydrogen-bond acceptors (Lipinski definition) is 8. The van der Waals surface area contributed by atoms with Crippen molar-refractivity contribution in [1.29, 1.82) is 0 Å². The van der Waals surface area contributed by atoms with Crippen LogP contribution < -0.4 is 9.47 Å². The van der Waals surface area contributed by atoms with Gasteiger partial charge in [-0.3, -0.25) is 14.8 Å². The molecule has 0 aliphatic carbocycles. The number of methoxy groups -OCH3 is 2. The third-order valence-corrected chi connectivity index (χ3v) is 9.22. The van der Waals surface area contributed by atoms with E-state index in [-0.39, 0.29) is 12.2 Å². The van der Waals surface area contributed by atoms with E-state index in [2.05, 4.69) is 14.8 Å². The van der Waals surface area contributed by atoms with Crippen LogP contribution in [0.1, 0.15) is 24.0 Å². The van der Waals surface area contributed by atoms with E-state index in [0.717, 1.165) is 65.1 Å². The number of likely N-dealkylation sites (tertiary alicyclic amines) is 2. The maximum absolute atomic E-state index is 9.92. The van der Waals surface area contributed by atoms with E-state index in [1.165, 1.54) is 0 Å². The van der Waals surface area contributed by atoms with Crippen LogP contribution >= 0.6 is 23.2 Å². The van der Waals surface area contributed by atoms with Crippen molar-refractivity contribution >= 4 is 23.2 Å². The minimum atomic E-state index is -0.285. The van der Waals surface area contributed by atoms with Crippen LogP contribution in [0, 0.1) is 0 Å². The van der Waals surface area contributed by atoms with Crippen LogP contribution in [0.4, 0.5) is 0 Å². The summed E-state index contributed by atoms with van der Waals surface area (Å²) >= 11 is 14.1. The van der Waals surface area contributed by atoms with Crippen molar-refractivity contribution in [2.45, 2.75) is 38.1 Å². The van der Waals surface area contributed by atoms with Crippen LogP contribution in [-0.2, 0) is 13.1 Å². The fourth-order valence-electron chi connectivity index (χ4n) is 6.12. The molecule has 2 aliphatic heterocycles. The standard InChI is InChI=1S/C34H36Cl2N4O4/c1-43-30-16-21(6-7-22(30)17-39-14-11-24(41)19-39)33-32(36)27(10-13-37-33)26-4-3-5-28(31(26)35)29-9-8-23(34(38-29)44-2)18-40-15-12-25(42)20-40/h3-10,13,16,24-25,41-42H,11-12,14-15,17-20H2,1-2H3/t24-,25-/m1/s1. The Bertz CT molecular complexity index is 1530. The second-order valence-electron chi connectivity index (χ2n) is 11.4. The summed E-state index contributed by atoms with van der Waals surface area (Å²) in [5.74, 6) is 1.28. The van der Waals surface area contributed by atoms with E-state index < -0.39 is 0 Å². The molecule has 4 aromatic rings. The second-order valence-corrected chi connectivity index (χ2v) is 12.2. The molecule has 0 spiro atoms. The number of ether oxygens (including phenoxy) is 2. The minimum Gasteiger partial charge on any atom is -0.496 e. The van der Waals surface area contributed by atoms with Crippen LogP contribution in [0.25, 0.3) is 33.6 Å². The number of aliphatic hydroxyl groups excluding tert-OH is 2. The van der Waals surface area contributed by atoms with Gasteiger partial charge in [-0.25, -0.2) is 4.98 Å². The quantitative estimate of drug-likeness (QED) is 0.234. The molecule has 10 heteroatoms. The highest BCUT2D eigenvalue weighted by Crippen LogP contribution is 2.42. The topological polar surface area (TPSA) is 91.2 Å². The average molecular weight is 636 g/mol. The van der Waals surface area contributed by atoms with Gasteiger partial charge in [0.1, 0.15) is 5.75 Å². The molecule has 2 atom stereocenters. The third-order valence-electron chi connectivity index (χ3n) is 8.43. The van der Waals surface area contributed by atoms with Gasteiger partial charge in [0.25, 0.3) is 0 Å². The molecule has 2 aromatic carbocycles. The van der Waals surface area contributed by atoms with E-state index in [4.69, 9.17) is 37.7 Å². The number of nitrogens with zero attached hydrogens (tertiary/aromatic N) is 4. The fraction of sp³-hybridized carbons (Fsp3) is 0.353. The summed E-state index contributed by atoms with van der Waals surface area (Å²) in [5.41, 5.74) is 6.44. The first-order valence-corrected chi connectivity index (χ1v) is 15.6. The Kier molecular flexibility index (Phi) is 9.37. The van der Waals surface area contributed by atoms with Gasteiger partial charge in [0.2, 0.25) is 5.88 Å². The van der Waals surface area contributed by atoms with Gasteiger partial charge in [-0.15, -0.1) is 0 Å². The molecule has 8 nitrogen and oxygen atoms in total. The van der Waals surface area contributed by atoms with Crippen LogP contribution in [0.3, 0.4) is 0 Å². The van der Waals surface area contributed by atoms with Gasteiger partial charge in [0.15, 0.2) is 0 Å². The monoisotopic (exact) mass is 634 g/mol. The fourth-order valence-corrected chi connectivity index (χ4v) is 6.77. The van der Waals surface area contributed by atoms with Gasteiger partial charge in [-0.05, 0) is 31.0 Å². The van der Waals surface area contributed by atoms with Crippen LogP contribution in [-0.4, -0.2) is 82.6 Å². The van der Waals surface area contributed by atoms with E-state index in [1.54, 1.807) is 20.4 Å². The largest absolute Gasteiger partial charge is 0.496 e. The minimum absolute atomic E-state index is 0.274. The van der Waals surface area contributed by atoms with Crippen molar-refractivity contribution < 1.29 is 19.7 Å². The van der Waals surface area contributed by atoms with Crippen molar-refractivity contribution in [3.8, 4) is 45.3 Å². The molecule has 2 N–H and O–H groups in total. The summed E-state index contributed by atoms with van der Waals surface area (Å²) in [5, 5.41) is 20.8. The molecule has 2 saturated heterocycles. The molecule has 0 bridgehead atoms. The maximum atomic E-state index is 9.92. The summed E-state index contributed by atoms with van der Waals surface area (Å²) in [4.78, 5) is 13.8. The lowest BCUT2D eigenvalue weighted by molar-refractivity contribution is 0.174. The summed E-state index contributed by atoms with van der Waals surface area (Å²) in [7, 11) is 3.27. The van der Waals surface area contributed by atoms with E-state index >= 15 is 0 Å². The van der Waals surface area contributed by atoms with E-state index in [9.17, 15) is 10.2 Å². The average Bonchev–Trinajstić information content (AvgIpc) is 3.64. The smallest absolute Gasteiger partial charge is 0.218 e. The number of pyridine rings is 2. The third kappa shape index (κ3) is 6.42. The highest BCUT2D eigenvalue weighted by molar-refractivity contribution is 6.39. The molecule has 2 fully saturated rings. The molecule has 6 rings (SSSR count). The normalized spacial score (nSPS) is 19.0. The van der Waals surface area contributed by atoms with Crippen molar-refractivity contribution in [2.75, 3.05) is 40.4 Å². The van der Waals surface area contributed by atoms with E-state index in [0.29, 0.717) is 53.5 Å². The zero-order chi connectivity index (χ0) is 30.8. The number of β-amino-alcohol motifs (C(OH)–C–C–N with tert-alkyl or cyclic N) is 2. The zero-order valence-electron chi connectivity index (χ0n) is 24.8. The van der Waals surface area contributed by atoms with Crippen molar-refractivity contribution in [2.24, 2.45) is 0 Å². The number of hydrogen-bond donors (Lipinski definition) is 2. The Morgan fingerprint density at radius 1 is 0.795 bits per heavy atom. The highest BCUT2D eigenvalue weighted by Gasteiger charge is 2.24. The molecule has 0 amide bonds. The van der Waals surface area contributed by atoms with Gasteiger partial charge in [0.05, 0.1) is 47.9 Å². The molecule has 44 heavy (non-hydrogen) atoms. The first-order valence-electron chi connectivity index (χ1n) is 14.8. The molecule has 4 heterocycles. The molecule has 2 aliphatic rings. The molecule has 0 radical (unpaired) electrons. The van der Waals surface area contributed by atoms with Crippen LogP contribution in [0.5, 0.6) is 11.6 Å². The van der Waals surface area contributed by atoms with Crippen LogP contribution in [0.2, 0.25) is 10.0 Å². The number of rotatable bonds is 9. The Hall–Kier alpha value is -3.24. The molecule has 0 saturated carbocycles. The number of aromatic nitrogens is 2. The van der Waals surface area contributed by atoms with E-state index in [1.807, 2.05) is 54.6 Å². The SMILES string of the molecule is COc1cc(-c2nccc(-c3cccc(-c4ccc(CN5CC[C@@H](O)C5)c(OC)n4)c3Cl)c2Cl)ccc1CN1CC[C@@H](O)C1. The lowest BCUT2D eigenvalue weighted by Crippen LogP contribution is -2.22. The maximum Gasteiger partial charge on any atom is 0.218 e. The summed E-state index contributed by atoms with van der Waals surface area (Å²) in [6.45, 7) is 4.37. The lowest BCUT2D eigenvalue weighted by atomic mass is 9.99. The zero-order valence-corrected chi connectivity index (χ0v) is 26.4. The summed E-state index contributed by atoms with van der Waals surface area (Å²) in [6.07, 6.45) is 2.74. The van der Waals surface area contributed by atoms with Gasteiger partial charge >= 0.3 is 0 Å². The van der Waals surface area contributed by atoms with Gasteiger partial charge in [0, 0.05) is 78.8 Å². The number of benzene rings is 2. The Morgan fingerprint density at radius 2 is 1.45 bits per heavy atom. The summed E-state index contributed by atoms with van der Waals surface area (Å²) in [6, 6.07) is 17.6. The molecule has 230 valence electrons. The Morgan fingerprint density at radius 3 is 2.11 bits per heavy atom. The molecule has 0 unspecified atom stereocenters. The number of halogens is 2. The molecular weight excluding hydrogens is 599 g/mol. The Labute approximate surface area is 267 Å². The predicted octanol–water partition coefficient (Wildman–Crippen LogP) is 5.93. The molecular formula is C34H36Cl2N4O4. The first kappa shape index (κ1) is 30.8. The number of aliphatic hydroxyl groups is 2. The second kappa shape index (κ2) is 13.4. The van der Waals surface area contributed by atoms with Gasteiger partial charge in [-0.2, -0.15) is 0 Å². The molecule has 2 aromatic heterocycles. The lowest BCUT2D eigenvalue weighted by Gasteiger charge is -2.18. The van der Waals surface area contributed by atoms with Crippen LogP contribution in [0.15, 0.2) is 60.8 Å². The van der Waals surface area contributed by atoms with Crippen molar-refractivity contribution in [3.63, 3.8) is 0 Å². The highest BCUT2D eigenvalue weighted by atomic mass is 35.5. The van der Waals surface area contributed by atoms with Crippen molar-refractivity contribution in [1.82, 2.24) is 19.8 Å². The van der Waals surface area contributed by atoms with Gasteiger partial charge < -0.3 is 19.7 Å². The Balaban J connectivity index is 1.29. The first-order chi connectivity index (χ1) is 21.3. The predicted molar refractivity (Wildman–Crippen MR) is 173 cm³/mol. The van der Waals surface area contributed by atoms with Gasteiger partial charge in [-0.1, -0.05) is 59.6 Å². The summed E-state index contributed by atoms with van der Waals surface area (Å²) < 4.78 is 11.4. The van der Waals surface area contributed by atoms with Crippen molar-refractivity contribution in [3.05, 3.63) is 82.0 Å².